The highest BCUT2D eigenvalue weighted by Crippen LogP contribution is 2.27. The van der Waals surface area contributed by atoms with Gasteiger partial charge >= 0.3 is 6.09 Å². The quantitative estimate of drug-likeness (QED) is 0.656. The lowest BCUT2D eigenvalue weighted by Gasteiger charge is -2.24. The Bertz CT molecular complexity index is 555. The van der Waals surface area contributed by atoms with E-state index in [1.165, 1.54) is 17.0 Å². The topological polar surface area (TPSA) is 48.0 Å². The second-order valence-corrected chi connectivity index (χ2v) is 7.20. The van der Waals surface area contributed by atoms with Crippen LogP contribution in [0.3, 0.4) is 0 Å². The Hall–Kier alpha value is -1.82. The van der Waals surface area contributed by atoms with Gasteiger partial charge in [-0.15, -0.1) is 0 Å². The number of nitrogens with zero attached hydrogens (tertiary/aromatic N) is 1. The molecule has 0 aliphatic carbocycles. The van der Waals surface area contributed by atoms with E-state index >= 15 is 0 Å². The zero-order valence-corrected chi connectivity index (χ0v) is 16.1. The maximum absolute atomic E-state index is 13.4. The van der Waals surface area contributed by atoms with E-state index in [1.54, 1.807) is 13.1 Å². The van der Waals surface area contributed by atoms with Crippen molar-refractivity contribution in [1.82, 2.24) is 4.90 Å². The standard InChI is InChI=1S/C19H30FNO4/c1-14(2)16-8-7-15(20)13-17(16)24-12-11-23-10-9-21(6)18(22)25-19(3,4)5/h7-8,13-14H,9-12H2,1-6H3. The van der Waals surface area contributed by atoms with Gasteiger partial charge in [-0.05, 0) is 38.3 Å². The molecule has 0 radical (unpaired) electrons. The molecule has 0 bridgehead atoms. The zero-order valence-electron chi connectivity index (χ0n) is 16.1. The summed E-state index contributed by atoms with van der Waals surface area (Å²) in [6.07, 6.45) is -0.381. The molecule has 1 aromatic carbocycles. The van der Waals surface area contributed by atoms with Crippen LogP contribution in [0.5, 0.6) is 5.75 Å². The Balaban J connectivity index is 2.29. The van der Waals surface area contributed by atoms with Gasteiger partial charge in [0.05, 0.1) is 13.2 Å². The minimum absolute atomic E-state index is 0.249. The van der Waals surface area contributed by atoms with Crippen LogP contribution in [-0.4, -0.2) is 50.0 Å². The maximum atomic E-state index is 13.4. The summed E-state index contributed by atoms with van der Waals surface area (Å²) in [5.74, 6) is 0.475. The molecule has 0 saturated carbocycles. The number of amides is 1. The van der Waals surface area contributed by atoms with Gasteiger partial charge in [-0.3, -0.25) is 0 Å². The summed E-state index contributed by atoms with van der Waals surface area (Å²) in [4.78, 5) is 13.3. The van der Waals surface area contributed by atoms with Gasteiger partial charge in [-0.1, -0.05) is 19.9 Å². The number of rotatable bonds is 8. The lowest BCUT2D eigenvalue weighted by molar-refractivity contribution is 0.0216. The molecular weight excluding hydrogens is 325 g/mol. The minimum Gasteiger partial charge on any atom is -0.491 e. The van der Waals surface area contributed by atoms with Crippen molar-refractivity contribution < 1.29 is 23.4 Å². The fourth-order valence-electron chi connectivity index (χ4n) is 2.06. The number of likely N-dealkylation sites (N-methyl/N-ethyl adjacent to an activating group) is 1. The molecule has 1 rings (SSSR count). The molecule has 0 aliphatic heterocycles. The maximum Gasteiger partial charge on any atom is 0.410 e. The van der Waals surface area contributed by atoms with Gasteiger partial charge in [0.1, 0.15) is 23.8 Å². The van der Waals surface area contributed by atoms with Crippen molar-refractivity contribution in [3.05, 3.63) is 29.6 Å². The summed E-state index contributed by atoms with van der Waals surface area (Å²) in [6, 6.07) is 4.57. The van der Waals surface area contributed by atoms with Crippen molar-refractivity contribution in [1.29, 1.82) is 0 Å². The second kappa shape index (κ2) is 9.61. The van der Waals surface area contributed by atoms with E-state index in [0.29, 0.717) is 32.1 Å². The van der Waals surface area contributed by atoms with E-state index in [4.69, 9.17) is 14.2 Å². The van der Waals surface area contributed by atoms with Gasteiger partial charge in [0.15, 0.2) is 0 Å². The molecule has 0 fully saturated rings. The summed E-state index contributed by atoms with van der Waals surface area (Å²) in [6.45, 7) is 11.0. The molecule has 0 spiro atoms. The van der Waals surface area contributed by atoms with Crippen LogP contribution in [0.2, 0.25) is 0 Å². The van der Waals surface area contributed by atoms with Crippen LogP contribution < -0.4 is 4.74 Å². The normalized spacial score (nSPS) is 11.5. The Morgan fingerprint density at radius 2 is 1.88 bits per heavy atom. The van der Waals surface area contributed by atoms with E-state index in [0.717, 1.165) is 5.56 Å². The Morgan fingerprint density at radius 1 is 1.20 bits per heavy atom. The third-order valence-electron chi connectivity index (χ3n) is 3.36. The molecule has 0 atom stereocenters. The van der Waals surface area contributed by atoms with Gasteiger partial charge in [0.25, 0.3) is 0 Å². The molecule has 0 unspecified atom stereocenters. The molecule has 0 heterocycles. The Kier molecular flexibility index (Phi) is 8.16. The molecule has 6 heteroatoms. The van der Waals surface area contributed by atoms with Crippen LogP contribution in [0.25, 0.3) is 0 Å². The number of ether oxygens (including phenoxy) is 3. The minimum atomic E-state index is -0.515. The first kappa shape index (κ1) is 21.2. The number of benzene rings is 1. The van der Waals surface area contributed by atoms with Gasteiger partial charge in [-0.25, -0.2) is 9.18 Å². The Labute approximate surface area is 150 Å². The lowest BCUT2D eigenvalue weighted by Crippen LogP contribution is -2.36. The fraction of sp³-hybridized carbons (Fsp3) is 0.632. The third kappa shape index (κ3) is 8.20. The average Bonchev–Trinajstić information content (AvgIpc) is 2.48. The number of halogens is 1. The van der Waals surface area contributed by atoms with Crippen LogP contribution in [0.1, 0.15) is 46.1 Å². The molecule has 0 aliphatic rings. The predicted molar refractivity (Wildman–Crippen MR) is 95.7 cm³/mol. The number of hydrogen-bond donors (Lipinski definition) is 0. The molecule has 1 aromatic rings. The average molecular weight is 355 g/mol. The molecule has 0 N–H and O–H groups in total. The predicted octanol–water partition coefficient (Wildman–Crippen LogP) is 4.21. The van der Waals surface area contributed by atoms with Crippen LogP contribution in [0.15, 0.2) is 18.2 Å². The van der Waals surface area contributed by atoms with Crippen molar-refractivity contribution in [2.75, 3.05) is 33.4 Å². The SMILES string of the molecule is CC(C)c1ccc(F)cc1OCCOCCN(C)C(=O)OC(C)(C)C. The highest BCUT2D eigenvalue weighted by atomic mass is 19.1. The van der Waals surface area contributed by atoms with Crippen molar-refractivity contribution in [3.8, 4) is 5.75 Å². The van der Waals surface area contributed by atoms with E-state index in [2.05, 4.69) is 0 Å². The van der Waals surface area contributed by atoms with Crippen molar-refractivity contribution in [2.45, 2.75) is 46.1 Å². The first-order chi connectivity index (χ1) is 11.6. The summed E-state index contributed by atoms with van der Waals surface area (Å²) in [7, 11) is 1.66. The summed E-state index contributed by atoms with van der Waals surface area (Å²) in [5.41, 5.74) is 0.449. The van der Waals surface area contributed by atoms with E-state index < -0.39 is 5.60 Å². The number of carbonyl (C=O) groups excluding carboxylic acids is 1. The van der Waals surface area contributed by atoms with E-state index in [-0.39, 0.29) is 17.8 Å². The number of hydrogen-bond acceptors (Lipinski definition) is 4. The first-order valence-electron chi connectivity index (χ1n) is 8.54. The zero-order chi connectivity index (χ0) is 19.0. The van der Waals surface area contributed by atoms with Crippen LogP contribution >= 0.6 is 0 Å². The summed E-state index contributed by atoms with van der Waals surface area (Å²) < 4.78 is 29.7. The molecule has 0 saturated heterocycles. The summed E-state index contributed by atoms with van der Waals surface area (Å²) in [5, 5.41) is 0. The smallest absolute Gasteiger partial charge is 0.410 e. The number of carbonyl (C=O) groups is 1. The van der Waals surface area contributed by atoms with Gasteiger partial charge < -0.3 is 19.1 Å². The fourth-order valence-corrected chi connectivity index (χ4v) is 2.06. The van der Waals surface area contributed by atoms with Crippen LogP contribution in [0, 0.1) is 5.82 Å². The molecule has 25 heavy (non-hydrogen) atoms. The largest absolute Gasteiger partial charge is 0.491 e. The second-order valence-electron chi connectivity index (χ2n) is 7.20. The molecular formula is C19H30FNO4. The van der Waals surface area contributed by atoms with Gasteiger partial charge in [0.2, 0.25) is 0 Å². The third-order valence-corrected chi connectivity index (χ3v) is 3.36. The van der Waals surface area contributed by atoms with Gasteiger partial charge in [0, 0.05) is 19.7 Å². The lowest BCUT2D eigenvalue weighted by atomic mass is 10.0. The van der Waals surface area contributed by atoms with Crippen molar-refractivity contribution in [2.24, 2.45) is 0 Å². The molecule has 142 valence electrons. The Morgan fingerprint density at radius 3 is 2.48 bits per heavy atom. The van der Waals surface area contributed by atoms with Crippen molar-refractivity contribution in [3.63, 3.8) is 0 Å². The van der Waals surface area contributed by atoms with Crippen LogP contribution in [0.4, 0.5) is 9.18 Å². The van der Waals surface area contributed by atoms with E-state index in [1.807, 2.05) is 34.6 Å². The molecule has 1 amide bonds. The van der Waals surface area contributed by atoms with Gasteiger partial charge in [-0.2, -0.15) is 0 Å². The van der Waals surface area contributed by atoms with E-state index in [9.17, 15) is 9.18 Å². The van der Waals surface area contributed by atoms with Crippen molar-refractivity contribution >= 4 is 6.09 Å². The highest BCUT2D eigenvalue weighted by Gasteiger charge is 2.19. The highest BCUT2D eigenvalue weighted by molar-refractivity contribution is 5.67. The molecule has 0 aromatic heterocycles. The summed E-state index contributed by atoms with van der Waals surface area (Å²) >= 11 is 0. The van der Waals surface area contributed by atoms with Crippen LogP contribution in [-0.2, 0) is 9.47 Å². The monoisotopic (exact) mass is 355 g/mol. The first-order valence-corrected chi connectivity index (χ1v) is 8.54. The molecule has 5 nitrogen and oxygen atoms in total.